The molecule has 6 rings (SSSR count). The van der Waals surface area contributed by atoms with E-state index in [1.165, 1.54) is 30.3 Å². The first-order chi connectivity index (χ1) is 23.9. The Labute approximate surface area is 286 Å². The Morgan fingerprint density at radius 3 is 2.58 bits per heavy atom. The van der Waals surface area contributed by atoms with Crippen LogP contribution in [0.2, 0.25) is 0 Å². The second-order valence-corrected chi connectivity index (χ2v) is 13.2. The number of aromatic hydroxyl groups is 1. The molecule has 0 fully saturated rings. The van der Waals surface area contributed by atoms with Crippen molar-refractivity contribution >= 4 is 21.9 Å². The fourth-order valence-electron chi connectivity index (χ4n) is 6.56. The highest BCUT2D eigenvalue weighted by molar-refractivity contribution is 5.91. The summed E-state index contributed by atoms with van der Waals surface area (Å²) in [7, 11) is 0. The summed E-state index contributed by atoms with van der Waals surface area (Å²) < 4.78 is 14.7. The Kier molecular flexibility index (Phi) is 10.1. The van der Waals surface area contributed by atoms with Crippen LogP contribution in [0.5, 0.6) is 11.5 Å². The van der Waals surface area contributed by atoms with E-state index in [1.807, 2.05) is 29.2 Å². The number of hydrogen-bond acceptors (Lipinski definition) is 12. The van der Waals surface area contributed by atoms with Crippen LogP contribution in [0.15, 0.2) is 70.3 Å². The molecule has 4 heterocycles. The summed E-state index contributed by atoms with van der Waals surface area (Å²) in [5, 5.41) is 73.3. The van der Waals surface area contributed by atoms with Gasteiger partial charge in [0.1, 0.15) is 59.4 Å². The summed E-state index contributed by atoms with van der Waals surface area (Å²) in [5.41, 5.74) is -0.852. The molecular weight excluding hydrogens is 652 g/mol. The van der Waals surface area contributed by atoms with Crippen LogP contribution in [0.1, 0.15) is 36.7 Å². The second-order valence-electron chi connectivity index (χ2n) is 13.2. The highest BCUT2D eigenvalue weighted by Crippen LogP contribution is 2.45. The molecule has 0 amide bonds. The summed E-state index contributed by atoms with van der Waals surface area (Å²) in [6.07, 6.45) is -0.490. The van der Waals surface area contributed by atoms with Crippen LogP contribution in [-0.2, 0) is 22.6 Å². The molecule has 0 bridgehead atoms. The number of aryl methyl sites for hydroxylation is 1. The fraction of sp³-hybridized carbons (Fsp3) is 0.417. The van der Waals surface area contributed by atoms with Crippen LogP contribution < -0.4 is 10.2 Å². The Balaban J connectivity index is 1.35. The second kappa shape index (κ2) is 14.2. The molecule has 0 saturated heterocycles. The molecule has 8 N–H and O–H groups in total. The van der Waals surface area contributed by atoms with E-state index in [0.717, 1.165) is 10.9 Å². The lowest BCUT2D eigenvalue weighted by Crippen LogP contribution is -2.58. The van der Waals surface area contributed by atoms with Gasteiger partial charge in [0.2, 0.25) is 0 Å². The molecule has 0 radical (unpaired) electrons. The minimum atomic E-state index is -2.25. The summed E-state index contributed by atoms with van der Waals surface area (Å²) >= 11 is 0. The van der Waals surface area contributed by atoms with Crippen LogP contribution in [0, 0.1) is 6.92 Å². The number of benzene rings is 2. The number of aromatic nitrogens is 2. The zero-order chi connectivity index (χ0) is 35.8. The topological polar surface area (TPSA) is 220 Å². The molecule has 0 aliphatic carbocycles. The Morgan fingerprint density at radius 2 is 1.88 bits per heavy atom. The first kappa shape index (κ1) is 35.6. The predicted octanol–water partition coefficient (Wildman–Crippen LogP) is 1.91. The lowest BCUT2D eigenvalue weighted by atomic mass is 9.85. The average Bonchev–Trinajstić information content (AvgIpc) is 3.70. The minimum absolute atomic E-state index is 0.0221. The van der Waals surface area contributed by atoms with E-state index < -0.39 is 48.8 Å². The maximum absolute atomic E-state index is 13.3. The lowest BCUT2D eigenvalue weighted by molar-refractivity contribution is -0.371. The third-order valence-corrected chi connectivity index (χ3v) is 9.41. The Morgan fingerprint density at radius 1 is 1.12 bits per heavy atom. The van der Waals surface area contributed by atoms with E-state index in [9.17, 15) is 40.5 Å². The average molecular weight is 695 g/mol. The number of hydrogen-bond donors (Lipinski definition) is 8. The van der Waals surface area contributed by atoms with E-state index in [0.29, 0.717) is 52.1 Å². The predicted molar refractivity (Wildman–Crippen MR) is 180 cm³/mol. The van der Waals surface area contributed by atoms with Gasteiger partial charge in [-0.3, -0.25) is 4.79 Å². The van der Waals surface area contributed by atoms with Crippen molar-refractivity contribution in [3.05, 3.63) is 88.2 Å². The van der Waals surface area contributed by atoms with Gasteiger partial charge in [0, 0.05) is 55.1 Å². The van der Waals surface area contributed by atoms with Crippen molar-refractivity contribution in [1.82, 2.24) is 9.55 Å². The van der Waals surface area contributed by atoms with E-state index in [4.69, 9.17) is 18.9 Å². The third-order valence-electron chi connectivity index (χ3n) is 9.41. The molecule has 6 unspecified atom stereocenters. The van der Waals surface area contributed by atoms with E-state index >= 15 is 0 Å². The number of fused-ring (bicyclic) bond motifs is 3. The van der Waals surface area contributed by atoms with Gasteiger partial charge >= 0.3 is 0 Å². The van der Waals surface area contributed by atoms with Crippen LogP contribution in [-0.4, -0.2) is 101 Å². The van der Waals surface area contributed by atoms with Crippen molar-refractivity contribution in [2.75, 3.05) is 19.8 Å². The van der Waals surface area contributed by atoms with Crippen LogP contribution in [0.4, 0.5) is 0 Å². The molecule has 268 valence electrons. The normalized spacial score (nSPS) is 20.7. The number of rotatable bonds is 14. The maximum atomic E-state index is 13.3. The molecule has 14 nitrogen and oxygen atoms in total. The van der Waals surface area contributed by atoms with E-state index in [1.54, 1.807) is 19.9 Å². The molecule has 0 spiro atoms. The summed E-state index contributed by atoms with van der Waals surface area (Å²) in [4.78, 5) is 28.0. The number of aliphatic hydroxyl groups is 6. The Bertz CT molecular complexity index is 1970. The van der Waals surface area contributed by atoms with Gasteiger partial charge in [-0.25, -0.2) is 9.78 Å². The van der Waals surface area contributed by atoms with Gasteiger partial charge in [-0.2, -0.15) is 0 Å². The van der Waals surface area contributed by atoms with Crippen molar-refractivity contribution < 1.29 is 54.7 Å². The molecule has 6 atom stereocenters. The van der Waals surface area contributed by atoms with Crippen molar-refractivity contribution in [3.63, 3.8) is 0 Å². The standard InChI is InChI=1S/C36H42N2O12/c1-20-12-27(42)25-13-23-14-29(50-47-19-36(46,34(45)31(44)28(43)18-40)15-21-4-6-24(41)7-5-21)35(2,9-3-11-39)49-32(23)30(33(25)48-20)38-16-22-8-10-37-26(22)17-38/h4-8,10,12-13,16-17,28-29,31,34,37,39-41,43-46H,3,9,11,14-15,18-19H2,1-2H3. The van der Waals surface area contributed by atoms with E-state index in [2.05, 4.69) is 4.98 Å². The first-order valence-electron chi connectivity index (χ1n) is 16.3. The molecule has 5 aromatic rings. The monoisotopic (exact) mass is 694 g/mol. The van der Waals surface area contributed by atoms with Gasteiger partial charge in [-0.15, -0.1) is 0 Å². The number of ether oxygens (including phenoxy) is 1. The summed E-state index contributed by atoms with van der Waals surface area (Å²) in [6, 6.07) is 10.8. The zero-order valence-electron chi connectivity index (χ0n) is 27.7. The lowest BCUT2D eigenvalue weighted by Gasteiger charge is -2.43. The van der Waals surface area contributed by atoms with Crippen molar-refractivity contribution in [3.8, 4) is 17.2 Å². The zero-order valence-corrected chi connectivity index (χ0v) is 27.7. The number of H-pyrrole nitrogens is 1. The van der Waals surface area contributed by atoms with Gasteiger partial charge in [-0.1, -0.05) is 12.1 Å². The molecule has 50 heavy (non-hydrogen) atoms. The van der Waals surface area contributed by atoms with Crippen LogP contribution in [0.25, 0.3) is 27.6 Å². The molecule has 14 heteroatoms. The molecule has 0 saturated carbocycles. The van der Waals surface area contributed by atoms with Gasteiger partial charge in [0.05, 0.1) is 17.5 Å². The highest BCUT2D eigenvalue weighted by atomic mass is 17.2. The van der Waals surface area contributed by atoms with Crippen molar-refractivity contribution in [2.24, 2.45) is 0 Å². The highest BCUT2D eigenvalue weighted by Gasteiger charge is 2.47. The fourth-order valence-corrected chi connectivity index (χ4v) is 6.56. The Hall–Kier alpha value is -4.25. The van der Waals surface area contributed by atoms with Gasteiger partial charge in [0.25, 0.3) is 0 Å². The van der Waals surface area contributed by atoms with Gasteiger partial charge in [-0.05, 0) is 56.5 Å². The largest absolute Gasteiger partial charge is 0.508 e. The minimum Gasteiger partial charge on any atom is -0.508 e. The van der Waals surface area contributed by atoms with Crippen molar-refractivity contribution in [1.29, 1.82) is 0 Å². The molecule has 2 aromatic carbocycles. The summed E-state index contributed by atoms with van der Waals surface area (Å²) in [6.45, 7) is 1.77. The summed E-state index contributed by atoms with van der Waals surface area (Å²) in [5.74, 6) is 0.851. The van der Waals surface area contributed by atoms with Crippen LogP contribution in [0.3, 0.4) is 0 Å². The van der Waals surface area contributed by atoms with Crippen molar-refractivity contribution in [2.45, 2.75) is 75.1 Å². The number of nitrogens with one attached hydrogen (secondary N) is 1. The number of aliphatic hydroxyl groups excluding tert-OH is 5. The molecule has 1 aliphatic rings. The van der Waals surface area contributed by atoms with E-state index in [-0.39, 0.29) is 30.6 Å². The number of nitrogens with zero attached hydrogens (tertiary/aromatic N) is 1. The molecule has 3 aromatic heterocycles. The molecular formula is C36H42N2O12. The number of phenolic OH excluding ortho intramolecular Hbond substituents is 1. The quantitative estimate of drug-likeness (QED) is 0.0617. The van der Waals surface area contributed by atoms with Crippen LogP contribution >= 0.6 is 0 Å². The molecule has 1 aliphatic heterocycles. The maximum Gasteiger partial charge on any atom is 0.193 e. The smallest absolute Gasteiger partial charge is 0.193 e. The third kappa shape index (κ3) is 6.89. The van der Waals surface area contributed by atoms with Gasteiger partial charge < -0.3 is 54.5 Å². The SMILES string of the molecule is Cc1cc(=O)c2cc3c(c(-n4cc5cc[nH]c5c4)c2o1)OC(C)(CCCO)C(OOCC(O)(Cc1ccc(O)cc1)C(O)C(O)C(O)CO)C3. The number of aromatic amines is 1. The van der Waals surface area contributed by atoms with Gasteiger partial charge in [0.15, 0.2) is 16.8 Å². The number of phenols is 1. The first-order valence-corrected chi connectivity index (χ1v) is 16.3.